The number of amides is 1. The fourth-order valence-corrected chi connectivity index (χ4v) is 4.53. The fraction of sp³-hybridized carbons (Fsp3) is 0.214. The number of furan rings is 1. The molecule has 0 bridgehead atoms. The Labute approximate surface area is 203 Å². The molecule has 2 aromatic heterocycles. The van der Waals surface area contributed by atoms with Gasteiger partial charge in [-0.3, -0.25) is 4.79 Å². The summed E-state index contributed by atoms with van der Waals surface area (Å²) in [6.07, 6.45) is 3.74. The maximum Gasteiger partial charge on any atom is 0.242 e. The number of hydrogen-bond acceptors (Lipinski definition) is 5. The zero-order valence-corrected chi connectivity index (χ0v) is 19.2. The molecule has 4 aromatic rings. The highest BCUT2D eigenvalue weighted by atomic mass is 19.1. The molecule has 1 aliphatic heterocycles. The molecule has 5 rings (SSSR count). The van der Waals surface area contributed by atoms with E-state index in [-0.39, 0.29) is 23.5 Å². The molecule has 0 saturated carbocycles. The number of phenols is 1. The molecular formula is C28H26FN3O3. The molecular weight excluding hydrogens is 445 g/mol. The van der Waals surface area contributed by atoms with Crippen LogP contribution in [-0.4, -0.2) is 35.1 Å². The SMILES string of the molecule is O=C(NCCc1cccc(F)c1)[C@@H]1CCCN1c1cc(-c2ccco2)cc(-c2ccccc2O)n1. The Morgan fingerprint density at radius 3 is 2.80 bits per heavy atom. The number of nitrogens with zero attached hydrogens (tertiary/aromatic N) is 2. The number of aromatic hydroxyl groups is 1. The van der Waals surface area contributed by atoms with Crippen LogP contribution in [0.25, 0.3) is 22.6 Å². The van der Waals surface area contributed by atoms with Crippen molar-refractivity contribution in [3.63, 3.8) is 0 Å². The summed E-state index contributed by atoms with van der Waals surface area (Å²) in [5, 5.41) is 13.4. The van der Waals surface area contributed by atoms with Crippen molar-refractivity contribution in [2.24, 2.45) is 0 Å². The zero-order valence-electron chi connectivity index (χ0n) is 19.2. The monoisotopic (exact) mass is 471 g/mol. The Morgan fingerprint density at radius 2 is 2.00 bits per heavy atom. The van der Waals surface area contributed by atoms with E-state index in [2.05, 4.69) is 5.32 Å². The number of aromatic nitrogens is 1. The predicted octanol–water partition coefficient (Wildman–Crippen LogP) is 5.18. The molecule has 1 saturated heterocycles. The van der Waals surface area contributed by atoms with E-state index in [0.717, 1.165) is 17.5 Å². The van der Waals surface area contributed by atoms with Crippen LogP contribution in [0.5, 0.6) is 5.75 Å². The molecule has 1 fully saturated rings. The summed E-state index contributed by atoms with van der Waals surface area (Å²) in [5.41, 5.74) is 2.87. The molecule has 2 aromatic carbocycles. The normalized spacial score (nSPS) is 15.3. The van der Waals surface area contributed by atoms with Crippen LogP contribution in [0.2, 0.25) is 0 Å². The summed E-state index contributed by atoms with van der Waals surface area (Å²) in [5.74, 6) is 1.11. The number of carbonyl (C=O) groups is 1. The van der Waals surface area contributed by atoms with Crippen molar-refractivity contribution in [2.45, 2.75) is 25.3 Å². The van der Waals surface area contributed by atoms with E-state index in [9.17, 15) is 14.3 Å². The van der Waals surface area contributed by atoms with Crippen molar-refractivity contribution in [3.8, 4) is 28.3 Å². The number of pyridine rings is 1. The number of carbonyl (C=O) groups excluding carboxylic acids is 1. The van der Waals surface area contributed by atoms with Crippen LogP contribution < -0.4 is 10.2 Å². The molecule has 3 heterocycles. The lowest BCUT2D eigenvalue weighted by Crippen LogP contribution is -2.44. The van der Waals surface area contributed by atoms with Gasteiger partial charge in [-0.2, -0.15) is 0 Å². The van der Waals surface area contributed by atoms with E-state index in [0.29, 0.717) is 48.8 Å². The number of benzene rings is 2. The van der Waals surface area contributed by atoms with Crippen molar-refractivity contribution < 1.29 is 18.7 Å². The van der Waals surface area contributed by atoms with Gasteiger partial charge < -0.3 is 19.7 Å². The molecule has 2 N–H and O–H groups in total. The second-order valence-electron chi connectivity index (χ2n) is 8.62. The van der Waals surface area contributed by atoms with Gasteiger partial charge in [-0.25, -0.2) is 9.37 Å². The van der Waals surface area contributed by atoms with E-state index in [1.165, 1.54) is 12.1 Å². The van der Waals surface area contributed by atoms with E-state index < -0.39 is 0 Å². The van der Waals surface area contributed by atoms with Gasteiger partial charge in [-0.1, -0.05) is 24.3 Å². The number of anilines is 1. The Hall–Kier alpha value is -4.13. The zero-order chi connectivity index (χ0) is 24.2. The largest absolute Gasteiger partial charge is 0.507 e. The Kier molecular flexibility index (Phi) is 6.48. The first-order valence-electron chi connectivity index (χ1n) is 11.7. The molecule has 7 heteroatoms. The Balaban J connectivity index is 1.39. The molecule has 1 atom stereocenters. The quantitative estimate of drug-likeness (QED) is 0.388. The first-order valence-corrected chi connectivity index (χ1v) is 11.7. The lowest BCUT2D eigenvalue weighted by molar-refractivity contribution is -0.122. The lowest BCUT2D eigenvalue weighted by Gasteiger charge is -2.26. The van der Waals surface area contributed by atoms with E-state index in [4.69, 9.17) is 9.40 Å². The van der Waals surface area contributed by atoms with E-state index in [1.54, 1.807) is 24.5 Å². The maximum absolute atomic E-state index is 13.4. The highest BCUT2D eigenvalue weighted by Crippen LogP contribution is 2.35. The molecule has 0 unspecified atom stereocenters. The van der Waals surface area contributed by atoms with Crippen LogP contribution >= 0.6 is 0 Å². The third-order valence-corrected chi connectivity index (χ3v) is 6.25. The van der Waals surface area contributed by atoms with Crippen molar-refractivity contribution in [2.75, 3.05) is 18.0 Å². The average Bonchev–Trinajstić information content (AvgIpc) is 3.57. The molecule has 0 aliphatic carbocycles. The van der Waals surface area contributed by atoms with Gasteiger partial charge in [-0.05, 0) is 73.4 Å². The van der Waals surface area contributed by atoms with Gasteiger partial charge >= 0.3 is 0 Å². The van der Waals surface area contributed by atoms with Crippen LogP contribution in [-0.2, 0) is 11.2 Å². The van der Waals surface area contributed by atoms with Crippen molar-refractivity contribution >= 4 is 11.7 Å². The molecule has 6 nitrogen and oxygen atoms in total. The first kappa shape index (κ1) is 22.7. The number of halogens is 1. The minimum Gasteiger partial charge on any atom is -0.507 e. The topological polar surface area (TPSA) is 78.6 Å². The Bertz CT molecular complexity index is 1320. The number of nitrogens with one attached hydrogen (secondary N) is 1. The van der Waals surface area contributed by atoms with Crippen molar-refractivity contribution in [3.05, 3.63) is 90.4 Å². The number of hydrogen-bond donors (Lipinski definition) is 2. The van der Waals surface area contributed by atoms with Gasteiger partial charge in [0.15, 0.2) is 0 Å². The fourth-order valence-electron chi connectivity index (χ4n) is 4.53. The molecule has 1 aliphatic rings. The second-order valence-corrected chi connectivity index (χ2v) is 8.62. The molecule has 0 radical (unpaired) electrons. The lowest BCUT2D eigenvalue weighted by atomic mass is 10.1. The maximum atomic E-state index is 13.4. The Morgan fingerprint density at radius 1 is 1.11 bits per heavy atom. The van der Waals surface area contributed by atoms with Gasteiger partial charge in [0.2, 0.25) is 5.91 Å². The number of phenolic OH excluding ortho intramolecular Hbond substituents is 1. The molecule has 1 amide bonds. The van der Waals surface area contributed by atoms with Gasteiger partial charge in [0.25, 0.3) is 0 Å². The van der Waals surface area contributed by atoms with Gasteiger partial charge in [0, 0.05) is 24.2 Å². The summed E-state index contributed by atoms with van der Waals surface area (Å²) >= 11 is 0. The van der Waals surface area contributed by atoms with E-state index >= 15 is 0 Å². The molecule has 178 valence electrons. The standard InChI is InChI=1S/C28H26FN3O3/c29-21-7-3-6-19(16-21)12-13-30-28(34)24-9-4-14-32(24)27-18-20(26-11-5-15-35-26)17-23(31-27)22-8-1-2-10-25(22)33/h1-3,5-8,10-11,15-18,24,33H,4,9,12-14H2,(H,30,34)/t24-/m0/s1. The molecule has 0 spiro atoms. The van der Waals surface area contributed by atoms with Crippen LogP contribution in [0.3, 0.4) is 0 Å². The first-order chi connectivity index (χ1) is 17.1. The number of para-hydroxylation sites is 1. The summed E-state index contributed by atoms with van der Waals surface area (Å²) in [7, 11) is 0. The average molecular weight is 472 g/mol. The van der Waals surface area contributed by atoms with Crippen LogP contribution in [0.4, 0.5) is 10.2 Å². The highest BCUT2D eigenvalue weighted by molar-refractivity contribution is 5.86. The van der Waals surface area contributed by atoms with E-state index in [1.807, 2.05) is 47.4 Å². The highest BCUT2D eigenvalue weighted by Gasteiger charge is 2.32. The van der Waals surface area contributed by atoms with Crippen LogP contribution in [0, 0.1) is 5.82 Å². The number of rotatable bonds is 7. The third kappa shape index (κ3) is 5.04. The summed E-state index contributed by atoms with van der Waals surface area (Å²) in [6, 6.07) is 20.6. The summed E-state index contributed by atoms with van der Waals surface area (Å²) in [4.78, 5) is 19.9. The summed E-state index contributed by atoms with van der Waals surface area (Å²) < 4.78 is 19.1. The van der Waals surface area contributed by atoms with Gasteiger partial charge in [0.05, 0.1) is 12.0 Å². The van der Waals surface area contributed by atoms with Crippen LogP contribution in [0.1, 0.15) is 18.4 Å². The third-order valence-electron chi connectivity index (χ3n) is 6.25. The minimum absolute atomic E-state index is 0.0757. The predicted molar refractivity (Wildman–Crippen MR) is 133 cm³/mol. The summed E-state index contributed by atoms with van der Waals surface area (Å²) in [6.45, 7) is 1.12. The van der Waals surface area contributed by atoms with Crippen molar-refractivity contribution in [1.29, 1.82) is 0 Å². The minimum atomic E-state index is -0.362. The van der Waals surface area contributed by atoms with Crippen LogP contribution in [0.15, 0.2) is 83.5 Å². The van der Waals surface area contributed by atoms with Crippen molar-refractivity contribution in [1.82, 2.24) is 10.3 Å². The smallest absolute Gasteiger partial charge is 0.242 e. The van der Waals surface area contributed by atoms with Gasteiger partial charge in [0.1, 0.15) is 29.2 Å². The second kappa shape index (κ2) is 10.0. The molecule has 35 heavy (non-hydrogen) atoms. The van der Waals surface area contributed by atoms with Gasteiger partial charge in [-0.15, -0.1) is 0 Å².